The zero-order valence-corrected chi connectivity index (χ0v) is 35.2. The molecule has 308 valence electrons. The van der Waals surface area contributed by atoms with Gasteiger partial charge in [-0.3, -0.25) is 19.2 Å². The molecule has 0 aromatic heterocycles. The van der Waals surface area contributed by atoms with Crippen LogP contribution in [-0.4, -0.2) is 36.3 Å². The minimum atomic E-state index is -0.876. The molecule has 0 bridgehead atoms. The van der Waals surface area contributed by atoms with E-state index in [0.717, 1.165) is 71.7 Å². The number of carbonyl (C=O) groups is 4. The Morgan fingerprint density at radius 1 is 0.983 bits per heavy atom. The quantitative estimate of drug-likeness (QED) is 0.0836. The van der Waals surface area contributed by atoms with Crippen LogP contribution in [0, 0.1) is 53.3 Å². The smallest absolute Gasteiger partial charge is 0.151 e. The lowest BCUT2D eigenvalue weighted by atomic mass is 9.76. The third-order valence-electron chi connectivity index (χ3n) is 13.6. The van der Waals surface area contributed by atoms with Gasteiger partial charge in [-0.15, -0.1) is 13.0 Å². The molecule has 4 aliphatic carbocycles. The second-order valence-electron chi connectivity index (χ2n) is 18.3. The van der Waals surface area contributed by atoms with E-state index in [0.29, 0.717) is 49.7 Å². The number of ketones is 4. The largest absolute Gasteiger partial charge is 0.497 e. The number of benzene rings is 3. The van der Waals surface area contributed by atoms with E-state index in [1.54, 1.807) is 13.2 Å². The molecule has 0 amide bonds. The second-order valence-corrected chi connectivity index (χ2v) is 18.3. The highest BCUT2D eigenvalue weighted by Gasteiger charge is 2.59. The molecule has 6 unspecified atom stereocenters. The van der Waals surface area contributed by atoms with Crippen molar-refractivity contribution in [3.63, 3.8) is 0 Å². The van der Waals surface area contributed by atoms with Crippen LogP contribution >= 0.6 is 0 Å². The molecule has 6 atom stereocenters. The first-order chi connectivity index (χ1) is 28.5. The molecular formula is C53H60O6. The van der Waals surface area contributed by atoms with Crippen molar-refractivity contribution in [3.05, 3.63) is 102 Å². The van der Waals surface area contributed by atoms with E-state index in [1.807, 2.05) is 48.5 Å². The first kappa shape index (κ1) is 42.1. The van der Waals surface area contributed by atoms with Crippen molar-refractivity contribution in [3.8, 4) is 23.8 Å². The van der Waals surface area contributed by atoms with Crippen LogP contribution < -0.4 is 9.47 Å². The summed E-state index contributed by atoms with van der Waals surface area (Å²) in [5.74, 6) is 2.69. The van der Waals surface area contributed by atoms with Crippen LogP contribution in [0.5, 0.6) is 11.5 Å². The summed E-state index contributed by atoms with van der Waals surface area (Å²) in [5.41, 5.74) is 3.71. The number of rotatable bonds is 20. The molecule has 6 nitrogen and oxygen atoms in total. The van der Waals surface area contributed by atoms with Crippen molar-refractivity contribution < 1.29 is 28.7 Å². The molecule has 6 heteroatoms. The van der Waals surface area contributed by atoms with Crippen LogP contribution in [-0.2, 0) is 25.6 Å². The fraction of sp³-hybridized carbons (Fsp3) is 0.472. The van der Waals surface area contributed by atoms with Crippen molar-refractivity contribution in [2.24, 2.45) is 40.9 Å². The van der Waals surface area contributed by atoms with E-state index in [-0.39, 0.29) is 48.3 Å². The number of Topliss-reactive ketones (excluding diaryl/α,β-unsaturated/α-hetero) is 4. The number of fused-ring (bicyclic) bond motifs is 1. The number of carbonyl (C=O) groups excluding carboxylic acids is 4. The average Bonchev–Trinajstić information content (AvgIpc) is 3.63. The molecule has 3 saturated carbocycles. The lowest BCUT2D eigenvalue weighted by Gasteiger charge is -2.25. The first-order valence-electron chi connectivity index (χ1n) is 21.9. The highest BCUT2D eigenvalue weighted by Crippen LogP contribution is 2.58. The monoisotopic (exact) mass is 792 g/mol. The van der Waals surface area contributed by atoms with E-state index >= 15 is 4.79 Å². The van der Waals surface area contributed by atoms with E-state index in [1.165, 1.54) is 5.57 Å². The molecule has 0 saturated heterocycles. The second kappa shape index (κ2) is 18.5. The summed E-state index contributed by atoms with van der Waals surface area (Å²) in [4.78, 5) is 56.9. The highest BCUT2D eigenvalue weighted by atomic mass is 16.5. The number of methoxy groups -OCH3 is 1. The third-order valence-corrected chi connectivity index (χ3v) is 13.6. The maximum absolute atomic E-state index is 15.1. The van der Waals surface area contributed by atoms with Crippen LogP contribution in [0.15, 0.2) is 91.0 Å². The minimum Gasteiger partial charge on any atom is -0.497 e. The SMILES string of the molecule is C#CCC(=O)C1(CC(=O)C2CC(Oc3cc(C4=CCC(CC(C)C)=C4)cc4cc(OC)ccc34)CC2C(=O)C(CC(=O)CC2CCCC2)Cc2ccccc2)CC1C=C. The number of terminal acetylenes is 1. The molecule has 59 heavy (non-hydrogen) atoms. The van der Waals surface area contributed by atoms with Gasteiger partial charge in [-0.05, 0) is 109 Å². The zero-order valence-electron chi connectivity index (χ0n) is 35.2. The van der Waals surface area contributed by atoms with Crippen LogP contribution in [0.3, 0.4) is 0 Å². The summed E-state index contributed by atoms with van der Waals surface area (Å²) >= 11 is 0. The molecule has 0 spiro atoms. The van der Waals surface area contributed by atoms with Gasteiger partial charge in [0.05, 0.1) is 13.5 Å². The van der Waals surface area contributed by atoms with Crippen molar-refractivity contribution in [1.29, 1.82) is 0 Å². The maximum atomic E-state index is 15.1. The van der Waals surface area contributed by atoms with Crippen LogP contribution in [0.2, 0.25) is 0 Å². The Balaban J connectivity index is 1.21. The Morgan fingerprint density at radius 2 is 1.75 bits per heavy atom. The summed E-state index contributed by atoms with van der Waals surface area (Å²) in [5, 5.41) is 1.89. The molecule has 7 rings (SSSR count). The lowest BCUT2D eigenvalue weighted by molar-refractivity contribution is -0.137. The summed E-state index contributed by atoms with van der Waals surface area (Å²) < 4.78 is 12.6. The normalized spacial score (nSPS) is 24.3. The Labute approximate surface area is 350 Å². The van der Waals surface area contributed by atoms with Crippen molar-refractivity contribution >= 4 is 39.5 Å². The number of ether oxygens (including phenoxy) is 2. The van der Waals surface area contributed by atoms with Gasteiger partial charge < -0.3 is 9.47 Å². The number of hydrogen-bond acceptors (Lipinski definition) is 6. The van der Waals surface area contributed by atoms with Gasteiger partial charge in [-0.2, -0.15) is 0 Å². The highest BCUT2D eigenvalue weighted by molar-refractivity contribution is 5.99. The molecule has 0 radical (unpaired) electrons. The molecule has 0 N–H and O–H groups in total. The molecular weight excluding hydrogens is 733 g/mol. The van der Waals surface area contributed by atoms with E-state index in [9.17, 15) is 14.4 Å². The summed E-state index contributed by atoms with van der Waals surface area (Å²) in [6.07, 6.45) is 20.1. The molecule has 3 aromatic rings. The van der Waals surface area contributed by atoms with Gasteiger partial charge in [0, 0.05) is 47.8 Å². The molecule has 0 heterocycles. The predicted molar refractivity (Wildman–Crippen MR) is 235 cm³/mol. The van der Waals surface area contributed by atoms with Gasteiger partial charge in [0.2, 0.25) is 0 Å². The van der Waals surface area contributed by atoms with Crippen molar-refractivity contribution in [2.75, 3.05) is 7.11 Å². The average molecular weight is 793 g/mol. The van der Waals surface area contributed by atoms with Crippen molar-refractivity contribution in [1.82, 2.24) is 0 Å². The van der Waals surface area contributed by atoms with Gasteiger partial charge in [-0.25, -0.2) is 0 Å². The summed E-state index contributed by atoms with van der Waals surface area (Å²) in [6, 6.07) is 20.1. The zero-order chi connectivity index (χ0) is 41.7. The van der Waals surface area contributed by atoms with Gasteiger partial charge in [0.25, 0.3) is 0 Å². The van der Waals surface area contributed by atoms with E-state index in [4.69, 9.17) is 15.9 Å². The summed E-state index contributed by atoms with van der Waals surface area (Å²) in [6.45, 7) is 8.42. The molecule has 0 aliphatic heterocycles. The maximum Gasteiger partial charge on any atom is 0.151 e. The van der Waals surface area contributed by atoms with E-state index < -0.39 is 29.3 Å². The molecule has 3 aromatic carbocycles. The Kier molecular flexibility index (Phi) is 13.2. The van der Waals surface area contributed by atoms with E-state index in [2.05, 4.69) is 50.6 Å². The minimum absolute atomic E-state index is 0.0206. The number of hydrogen-bond donors (Lipinski definition) is 0. The Morgan fingerprint density at radius 3 is 2.44 bits per heavy atom. The Bertz CT molecular complexity index is 2180. The summed E-state index contributed by atoms with van der Waals surface area (Å²) in [7, 11) is 1.66. The van der Waals surface area contributed by atoms with Crippen LogP contribution in [0.1, 0.15) is 108 Å². The van der Waals surface area contributed by atoms with Crippen molar-refractivity contribution in [2.45, 2.75) is 110 Å². The van der Waals surface area contributed by atoms with Crippen LogP contribution in [0.25, 0.3) is 16.3 Å². The molecule has 3 fully saturated rings. The fourth-order valence-corrected chi connectivity index (χ4v) is 10.4. The predicted octanol–water partition coefficient (Wildman–Crippen LogP) is 11.1. The number of allylic oxidation sites excluding steroid dienone is 5. The first-order valence-corrected chi connectivity index (χ1v) is 21.9. The third kappa shape index (κ3) is 9.73. The van der Waals surface area contributed by atoms with Gasteiger partial charge in [-0.1, -0.05) is 99.6 Å². The topological polar surface area (TPSA) is 86.7 Å². The van der Waals surface area contributed by atoms with Crippen LogP contribution in [0.4, 0.5) is 0 Å². The van der Waals surface area contributed by atoms with Gasteiger partial charge in [0.15, 0.2) is 5.78 Å². The standard InChI is InChI=1S/C53H60O6/c1-6-13-51(56)53(32-42(53)7-2)33-49(55)47-30-45(31-48(47)52(57)41(23-35-14-9-8-10-15-35)27-43(54)25-36-16-11-12-17-36)59-50-29-39(38-19-18-37(24-38)22-34(3)4)26-40-28-44(58-5)20-21-46(40)50/h1,7-10,14-15,19-21,24,26,28-29,34,36,41-42,45,47-48H,2,11-13,16-18,22-23,25,27,30-33H2,3-5H3. The van der Waals surface area contributed by atoms with Gasteiger partial charge in [0.1, 0.15) is 35.0 Å². The fourth-order valence-electron chi connectivity index (χ4n) is 10.4. The van der Waals surface area contributed by atoms with Gasteiger partial charge >= 0.3 is 0 Å². The Hall–Kier alpha value is -5.02. The molecule has 4 aliphatic rings. The lowest BCUT2D eigenvalue weighted by Crippen LogP contribution is -2.34.